The van der Waals surface area contributed by atoms with Crippen molar-refractivity contribution in [3.63, 3.8) is 0 Å². The second kappa shape index (κ2) is 8.57. The van der Waals surface area contributed by atoms with E-state index in [1.54, 1.807) is 0 Å². The Morgan fingerprint density at radius 2 is 1.56 bits per heavy atom. The van der Waals surface area contributed by atoms with Gasteiger partial charge in [-0.3, -0.25) is 4.79 Å². The van der Waals surface area contributed by atoms with Gasteiger partial charge < -0.3 is 15.2 Å². The summed E-state index contributed by atoms with van der Waals surface area (Å²) in [5, 5.41) is 11.9. The maximum absolute atomic E-state index is 11.3. The maximum atomic E-state index is 11.3. The van der Waals surface area contributed by atoms with Crippen molar-refractivity contribution < 1.29 is 19.4 Å². The number of carboxylic acid groups (broad SMARTS) is 1. The van der Waals surface area contributed by atoms with Gasteiger partial charge in [0.25, 0.3) is 5.78 Å². The lowest BCUT2D eigenvalue weighted by atomic mass is 10.2. The summed E-state index contributed by atoms with van der Waals surface area (Å²) in [5.41, 5.74) is 0.890. The summed E-state index contributed by atoms with van der Waals surface area (Å²) in [6.45, 7) is 0.588. The number of carbonyl (C=O) groups is 2. The predicted octanol–water partition coefficient (Wildman–Crippen LogP) is 3.19. The topological polar surface area (TPSA) is 101 Å². The maximum Gasteiger partial charge on any atom is 0.377 e. The number of carboxylic acids is 1. The van der Waals surface area contributed by atoms with Crippen LogP contribution in [0.2, 0.25) is 0 Å². The van der Waals surface area contributed by atoms with E-state index < -0.39 is 11.8 Å². The molecule has 0 atom stereocenters. The first kappa shape index (κ1) is 18.1. The number of para-hydroxylation sites is 1. The fourth-order valence-corrected chi connectivity index (χ4v) is 2.31. The van der Waals surface area contributed by atoms with Crippen molar-refractivity contribution in [3.05, 3.63) is 78.4 Å². The first-order chi connectivity index (χ1) is 13.1. The highest BCUT2D eigenvalue weighted by Crippen LogP contribution is 2.22. The lowest BCUT2D eigenvalue weighted by molar-refractivity contribution is -0.131. The highest BCUT2D eigenvalue weighted by Gasteiger charge is 2.15. The second-order valence-electron chi connectivity index (χ2n) is 5.64. The van der Waals surface area contributed by atoms with Crippen LogP contribution < -0.4 is 10.1 Å². The first-order valence-corrected chi connectivity index (χ1v) is 8.27. The van der Waals surface area contributed by atoms with Crippen molar-refractivity contribution in [2.75, 3.05) is 11.9 Å². The minimum Gasteiger partial charge on any atom is -0.475 e. The molecule has 0 spiro atoms. The van der Waals surface area contributed by atoms with Gasteiger partial charge >= 0.3 is 5.97 Å². The Hall–Kier alpha value is -3.74. The zero-order valence-electron chi connectivity index (χ0n) is 14.3. The summed E-state index contributed by atoms with van der Waals surface area (Å²) in [5.74, 6) is -0.493. The quantitative estimate of drug-likeness (QED) is 0.468. The van der Waals surface area contributed by atoms with E-state index >= 15 is 0 Å². The van der Waals surface area contributed by atoms with Gasteiger partial charge in [0.2, 0.25) is 0 Å². The molecule has 136 valence electrons. The standard InChI is InChI=1S/C20H17N3O4/c24-19(20(25)26)14-12-22-18(23-13-14)10-11-21-15-6-8-17(9-7-15)27-16-4-2-1-3-5-16/h1-9,12-13,21H,10-11H2,(H,25,26). The summed E-state index contributed by atoms with van der Waals surface area (Å²) >= 11 is 0. The Bertz CT molecular complexity index is 910. The molecule has 2 N–H and O–H groups in total. The van der Waals surface area contributed by atoms with Crippen molar-refractivity contribution in [1.29, 1.82) is 0 Å². The molecule has 0 radical (unpaired) electrons. The van der Waals surface area contributed by atoms with Gasteiger partial charge in [-0.1, -0.05) is 18.2 Å². The second-order valence-corrected chi connectivity index (χ2v) is 5.64. The van der Waals surface area contributed by atoms with Crippen LogP contribution in [0.5, 0.6) is 11.5 Å². The fourth-order valence-electron chi connectivity index (χ4n) is 2.31. The van der Waals surface area contributed by atoms with Gasteiger partial charge in [0.1, 0.15) is 17.3 Å². The van der Waals surface area contributed by atoms with Crippen LogP contribution in [-0.4, -0.2) is 33.4 Å². The highest BCUT2D eigenvalue weighted by molar-refractivity contribution is 6.39. The predicted molar refractivity (Wildman–Crippen MR) is 99.2 cm³/mol. The number of anilines is 1. The van der Waals surface area contributed by atoms with E-state index in [2.05, 4.69) is 15.3 Å². The Labute approximate surface area is 155 Å². The Morgan fingerprint density at radius 3 is 2.19 bits per heavy atom. The third-order valence-corrected chi connectivity index (χ3v) is 3.67. The van der Waals surface area contributed by atoms with E-state index in [-0.39, 0.29) is 5.56 Å². The van der Waals surface area contributed by atoms with Gasteiger partial charge in [0, 0.05) is 31.0 Å². The molecule has 2 aromatic carbocycles. The number of hydrogen-bond acceptors (Lipinski definition) is 6. The van der Waals surface area contributed by atoms with Gasteiger partial charge in [-0.2, -0.15) is 0 Å². The van der Waals surface area contributed by atoms with Gasteiger partial charge in [-0.15, -0.1) is 0 Å². The van der Waals surface area contributed by atoms with Gasteiger partial charge in [0.15, 0.2) is 0 Å². The molecule has 0 aliphatic heterocycles. The van der Waals surface area contributed by atoms with Gasteiger partial charge in [-0.05, 0) is 36.4 Å². The molecule has 7 heteroatoms. The van der Waals surface area contributed by atoms with E-state index in [4.69, 9.17) is 9.84 Å². The Kier molecular flexibility index (Phi) is 5.73. The number of ether oxygens (including phenoxy) is 1. The summed E-state index contributed by atoms with van der Waals surface area (Å²) in [6.07, 6.45) is 2.99. The summed E-state index contributed by atoms with van der Waals surface area (Å²) in [4.78, 5) is 29.9. The normalized spacial score (nSPS) is 10.2. The molecule has 0 unspecified atom stereocenters. The SMILES string of the molecule is O=C(O)C(=O)c1cnc(CCNc2ccc(Oc3ccccc3)cc2)nc1. The van der Waals surface area contributed by atoms with Crippen LogP contribution in [0.3, 0.4) is 0 Å². The molecular formula is C20H17N3O4. The summed E-state index contributed by atoms with van der Waals surface area (Å²) < 4.78 is 5.74. The number of rotatable bonds is 8. The van der Waals surface area contributed by atoms with Crippen LogP contribution >= 0.6 is 0 Å². The average Bonchev–Trinajstić information content (AvgIpc) is 2.70. The molecule has 27 heavy (non-hydrogen) atoms. The fraction of sp³-hybridized carbons (Fsp3) is 0.100. The Morgan fingerprint density at radius 1 is 0.926 bits per heavy atom. The minimum atomic E-state index is -1.52. The van der Waals surface area contributed by atoms with Crippen LogP contribution in [-0.2, 0) is 11.2 Å². The number of hydrogen-bond donors (Lipinski definition) is 2. The summed E-state index contributed by atoms with van der Waals surface area (Å²) in [7, 11) is 0. The zero-order chi connectivity index (χ0) is 19.1. The number of aromatic nitrogens is 2. The van der Waals surface area contributed by atoms with Crippen LogP contribution in [0.1, 0.15) is 16.2 Å². The molecule has 0 saturated heterocycles. The number of ketones is 1. The smallest absolute Gasteiger partial charge is 0.377 e. The molecule has 3 aromatic rings. The summed E-state index contributed by atoms with van der Waals surface area (Å²) in [6, 6.07) is 17.1. The molecule has 0 fully saturated rings. The van der Waals surface area contributed by atoms with E-state index in [1.165, 1.54) is 12.4 Å². The molecule has 0 amide bonds. The molecular weight excluding hydrogens is 346 g/mol. The number of carbonyl (C=O) groups excluding carboxylic acids is 1. The van der Waals surface area contributed by atoms with E-state index in [0.717, 1.165) is 17.2 Å². The molecule has 0 saturated carbocycles. The molecule has 1 heterocycles. The Balaban J connectivity index is 1.49. The van der Waals surface area contributed by atoms with Crippen molar-refractivity contribution >= 4 is 17.4 Å². The van der Waals surface area contributed by atoms with Crippen LogP contribution in [0, 0.1) is 0 Å². The van der Waals surface area contributed by atoms with E-state index in [1.807, 2.05) is 54.6 Å². The van der Waals surface area contributed by atoms with Gasteiger partial charge in [0.05, 0.1) is 5.56 Å². The lowest BCUT2D eigenvalue weighted by Crippen LogP contribution is -2.14. The molecule has 0 aliphatic carbocycles. The average molecular weight is 363 g/mol. The van der Waals surface area contributed by atoms with Crippen molar-refractivity contribution in [1.82, 2.24) is 9.97 Å². The number of nitrogens with one attached hydrogen (secondary N) is 1. The molecule has 0 bridgehead atoms. The zero-order valence-corrected chi connectivity index (χ0v) is 14.3. The van der Waals surface area contributed by atoms with E-state index in [0.29, 0.717) is 18.8 Å². The van der Waals surface area contributed by atoms with Crippen LogP contribution in [0.15, 0.2) is 67.0 Å². The molecule has 7 nitrogen and oxygen atoms in total. The van der Waals surface area contributed by atoms with Crippen molar-refractivity contribution in [2.45, 2.75) is 6.42 Å². The minimum absolute atomic E-state index is 0.0341. The monoisotopic (exact) mass is 363 g/mol. The largest absolute Gasteiger partial charge is 0.475 e. The third kappa shape index (κ3) is 5.12. The third-order valence-electron chi connectivity index (χ3n) is 3.67. The van der Waals surface area contributed by atoms with Crippen LogP contribution in [0.25, 0.3) is 0 Å². The molecule has 1 aromatic heterocycles. The molecule has 3 rings (SSSR count). The van der Waals surface area contributed by atoms with Crippen molar-refractivity contribution in [2.24, 2.45) is 0 Å². The number of nitrogens with zero attached hydrogens (tertiary/aromatic N) is 2. The number of aliphatic carboxylic acids is 1. The van der Waals surface area contributed by atoms with Crippen LogP contribution in [0.4, 0.5) is 5.69 Å². The van der Waals surface area contributed by atoms with Crippen molar-refractivity contribution in [3.8, 4) is 11.5 Å². The van der Waals surface area contributed by atoms with E-state index in [9.17, 15) is 9.59 Å². The number of Topliss-reactive ketones (excluding diaryl/α,β-unsaturated/α-hetero) is 1. The van der Waals surface area contributed by atoms with Gasteiger partial charge in [-0.25, -0.2) is 14.8 Å². The molecule has 0 aliphatic rings. The lowest BCUT2D eigenvalue weighted by Gasteiger charge is -2.08. The highest BCUT2D eigenvalue weighted by atomic mass is 16.5. The number of benzene rings is 2. The first-order valence-electron chi connectivity index (χ1n) is 8.27.